The zero-order chi connectivity index (χ0) is 15.8. The van der Waals surface area contributed by atoms with Crippen molar-refractivity contribution in [2.45, 2.75) is 25.6 Å². The largest absolute Gasteiger partial charge is 0.419 e. The summed E-state index contributed by atoms with van der Waals surface area (Å²) in [6.07, 6.45) is -4.96. The maximum Gasteiger partial charge on any atom is 0.419 e. The predicted molar refractivity (Wildman–Crippen MR) is 65.8 cm³/mol. The van der Waals surface area contributed by atoms with Crippen molar-refractivity contribution in [1.29, 1.82) is 0 Å². The minimum absolute atomic E-state index is 0.0622. The number of nitrogens with zero attached hydrogens (tertiary/aromatic N) is 1. The van der Waals surface area contributed by atoms with E-state index in [1.54, 1.807) is 6.92 Å². The lowest BCUT2D eigenvalue weighted by Crippen LogP contribution is -2.34. The summed E-state index contributed by atoms with van der Waals surface area (Å²) in [6, 6.07) is 1.42. The van der Waals surface area contributed by atoms with Gasteiger partial charge in [-0.15, -0.1) is 0 Å². The molecule has 0 saturated carbocycles. The molecule has 2 amide bonds. The third-order valence-corrected chi connectivity index (χ3v) is 3.17. The summed E-state index contributed by atoms with van der Waals surface area (Å²) in [5.41, 5.74) is -1.48. The minimum atomic E-state index is -4.83. The van der Waals surface area contributed by atoms with Gasteiger partial charge in [-0.2, -0.15) is 13.2 Å². The highest BCUT2D eigenvalue weighted by atomic mass is 19.4. The highest BCUT2D eigenvalue weighted by Gasteiger charge is 2.38. The number of rotatable bonds is 3. The Labute approximate surface area is 117 Å². The van der Waals surface area contributed by atoms with Crippen LogP contribution in [0.2, 0.25) is 0 Å². The number of likely N-dealkylation sites (N-methyl/N-ethyl adjacent to an activating group) is 1. The van der Waals surface area contributed by atoms with Crippen molar-refractivity contribution in [3.8, 4) is 0 Å². The number of likely N-dealkylation sites (tertiary alicyclic amines) is 1. The Morgan fingerprint density at radius 3 is 2.52 bits per heavy atom. The van der Waals surface area contributed by atoms with Crippen LogP contribution in [0.3, 0.4) is 0 Å². The summed E-state index contributed by atoms with van der Waals surface area (Å²) in [5.74, 6) is -2.28. The topological polar surface area (TPSA) is 49.4 Å². The lowest BCUT2D eigenvalue weighted by Gasteiger charge is -2.15. The molecular formula is C13H12F4N2O2. The van der Waals surface area contributed by atoms with Crippen LogP contribution in [0.4, 0.5) is 23.2 Å². The number of carbonyl (C=O) groups excluding carboxylic acids is 2. The molecule has 21 heavy (non-hydrogen) atoms. The quantitative estimate of drug-likeness (QED) is 0.689. The molecule has 1 aromatic rings. The number of hydrogen-bond acceptors (Lipinski definition) is 3. The van der Waals surface area contributed by atoms with E-state index in [4.69, 9.17) is 0 Å². The first-order chi connectivity index (χ1) is 9.74. The third-order valence-electron chi connectivity index (χ3n) is 3.17. The molecule has 1 N–H and O–H groups in total. The first kappa shape index (κ1) is 15.3. The van der Waals surface area contributed by atoms with Crippen molar-refractivity contribution in [2.24, 2.45) is 0 Å². The van der Waals surface area contributed by atoms with Gasteiger partial charge in [0.2, 0.25) is 5.91 Å². The Kier molecular flexibility index (Phi) is 3.89. The van der Waals surface area contributed by atoms with Crippen molar-refractivity contribution in [3.63, 3.8) is 0 Å². The monoisotopic (exact) mass is 304 g/mol. The molecule has 4 nitrogen and oxygen atoms in total. The molecule has 8 heteroatoms. The van der Waals surface area contributed by atoms with Crippen molar-refractivity contribution in [2.75, 3.05) is 11.9 Å². The number of nitrogens with one attached hydrogen (secondary N) is 1. The molecule has 0 aliphatic carbocycles. The Morgan fingerprint density at radius 1 is 1.33 bits per heavy atom. The Bertz CT molecular complexity index is 586. The van der Waals surface area contributed by atoms with E-state index in [1.165, 1.54) is 0 Å². The van der Waals surface area contributed by atoms with E-state index in [-0.39, 0.29) is 18.7 Å². The third kappa shape index (κ3) is 2.98. The fraction of sp³-hybridized carbons (Fsp3) is 0.385. The second-order valence-corrected chi connectivity index (χ2v) is 4.57. The SMILES string of the molecule is CCN1C(=O)CC(Nc2ccc(F)c(C(F)(F)F)c2)C1=O. The molecule has 1 saturated heterocycles. The molecule has 1 fully saturated rings. The summed E-state index contributed by atoms with van der Waals surface area (Å²) in [5, 5.41) is 2.55. The van der Waals surface area contributed by atoms with E-state index in [0.29, 0.717) is 12.1 Å². The lowest BCUT2D eigenvalue weighted by molar-refractivity contribution is -0.140. The number of hydrogen-bond donors (Lipinski definition) is 1. The Balaban J connectivity index is 2.22. The second kappa shape index (κ2) is 5.34. The molecule has 1 aromatic carbocycles. The van der Waals surface area contributed by atoms with Crippen molar-refractivity contribution in [1.82, 2.24) is 4.90 Å². The first-order valence-electron chi connectivity index (χ1n) is 6.21. The number of imide groups is 1. The van der Waals surface area contributed by atoms with E-state index in [2.05, 4.69) is 5.32 Å². The Morgan fingerprint density at radius 2 is 2.00 bits per heavy atom. The number of alkyl halides is 3. The standard InChI is InChI=1S/C13H12F4N2O2/c1-2-19-11(20)6-10(12(19)21)18-7-3-4-9(14)8(5-7)13(15,16)17/h3-5,10,18H,2,6H2,1H3. The maximum atomic E-state index is 13.2. The predicted octanol–water partition coefficient (Wildman–Crippen LogP) is 2.40. The highest BCUT2D eigenvalue weighted by Crippen LogP contribution is 2.33. The fourth-order valence-corrected chi connectivity index (χ4v) is 2.16. The number of benzene rings is 1. The van der Waals surface area contributed by atoms with E-state index in [1.807, 2.05) is 0 Å². The van der Waals surface area contributed by atoms with Gasteiger partial charge in [-0.3, -0.25) is 14.5 Å². The van der Waals surface area contributed by atoms with Crippen molar-refractivity contribution in [3.05, 3.63) is 29.6 Å². The molecule has 1 unspecified atom stereocenters. The van der Waals surface area contributed by atoms with Gasteiger partial charge >= 0.3 is 6.18 Å². The van der Waals surface area contributed by atoms with Gasteiger partial charge < -0.3 is 5.32 Å². The van der Waals surface area contributed by atoms with Crippen molar-refractivity contribution < 1.29 is 27.2 Å². The smallest absolute Gasteiger partial charge is 0.373 e. The van der Waals surface area contributed by atoms with Gasteiger partial charge in [0.05, 0.1) is 12.0 Å². The average molecular weight is 304 g/mol. The van der Waals surface area contributed by atoms with Gasteiger partial charge in [0.1, 0.15) is 11.9 Å². The van der Waals surface area contributed by atoms with Crippen LogP contribution in [-0.2, 0) is 15.8 Å². The van der Waals surface area contributed by atoms with E-state index >= 15 is 0 Å². The maximum absolute atomic E-state index is 13.2. The number of anilines is 1. The van der Waals surface area contributed by atoms with E-state index in [0.717, 1.165) is 11.0 Å². The van der Waals surface area contributed by atoms with Gasteiger partial charge in [-0.05, 0) is 25.1 Å². The number of amides is 2. The van der Waals surface area contributed by atoms with Crippen LogP contribution in [0.1, 0.15) is 18.9 Å². The van der Waals surface area contributed by atoms with Crippen LogP contribution in [-0.4, -0.2) is 29.3 Å². The van der Waals surface area contributed by atoms with Gasteiger partial charge in [0.25, 0.3) is 5.91 Å². The number of carbonyl (C=O) groups is 2. The molecule has 0 aromatic heterocycles. The molecule has 0 radical (unpaired) electrons. The zero-order valence-electron chi connectivity index (χ0n) is 11.0. The number of halogens is 4. The van der Waals surface area contributed by atoms with E-state index in [9.17, 15) is 27.2 Å². The fourth-order valence-electron chi connectivity index (χ4n) is 2.16. The van der Waals surface area contributed by atoms with Gasteiger partial charge in [-0.1, -0.05) is 0 Å². The summed E-state index contributed by atoms with van der Waals surface area (Å²) in [6.45, 7) is 1.82. The zero-order valence-corrected chi connectivity index (χ0v) is 11.0. The molecule has 1 atom stereocenters. The van der Waals surface area contributed by atoms with Gasteiger partial charge in [-0.25, -0.2) is 4.39 Å². The van der Waals surface area contributed by atoms with Crippen molar-refractivity contribution >= 4 is 17.5 Å². The molecule has 1 aliphatic rings. The van der Waals surface area contributed by atoms with Crippen LogP contribution in [0.25, 0.3) is 0 Å². The van der Waals surface area contributed by atoms with Gasteiger partial charge in [0, 0.05) is 12.2 Å². The van der Waals surface area contributed by atoms with Crippen LogP contribution in [0, 0.1) is 5.82 Å². The lowest BCUT2D eigenvalue weighted by atomic mass is 10.1. The summed E-state index contributed by atoms with van der Waals surface area (Å²) >= 11 is 0. The Hall–Kier alpha value is -2.12. The van der Waals surface area contributed by atoms with Crippen LogP contribution >= 0.6 is 0 Å². The van der Waals surface area contributed by atoms with Crippen LogP contribution < -0.4 is 5.32 Å². The molecule has 0 bridgehead atoms. The van der Waals surface area contributed by atoms with Crippen LogP contribution in [0.5, 0.6) is 0 Å². The normalized spacial score (nSPS) is 19.3. The minimum Gasteiger partial charge on any atom is -0.373 e. The molecule has 1 aliphatic heterocycles. The highest BCUT2D eigenvalue weighted by molar-refractivity contribution is 6.06. The molecule has 2 rings (SSSR count). The molecule has 0 spiro atoms. The van der Waals surface area contributed by atoms with Gasteiger partial charge in [0.15, 0.2) is 0 Å². The average Bonchev–Trinajstić information content (AvgIpc) is 2.65. The molecule has 114 valence electrons. The van der Waals surface area contributed by atoms with Crippen LogP contribution in [0.15, 0.2) is 18.2 Å². The first-order valence-corrected chi connectivity index (χ1v) is 6.21. The second-order valence-electron chi connectivity index (χ2n) is 4.57. The summed E-state index contributed by atoms with van der Waals surface area (Å²) < 4.78 is 51.0. The molecule has 1 heterocycles. The summed E-state index contributed by atoms with van der Waals surface area (Å²) in [7, 11) is 0. The van der Waals surface area contributed by atoms with E-state index < -0.39 is 35.4 Å². The summed E-state index contributed by atoms with van der Waals surface area (Å²) in [4.78, 5) is 24.4. The molecular weight excluding hydrogens is 292 g/mol.